The van der Waals surface area contributed by atoms with Crippen molar-refractivity contribution in [1.82, 2.24) is 15.1 Å². The summed E-state index contributed by atoms with van der Waals surface area (Å²) in [6.45, 7) is 8.80. The second-order valence-electron chi connectivity index (χ2n) is 6.46. The van der Waals surface area contributed by atoms with Crippen LogP contribution in [0.1, 0.15) is 89.1 Å². The molecule has 1 fully saturated rings. The molecule has 0 aromatic carbocycles. The molecule has 1 aromatic rings. The van der Waals surface area contributed by atoms with E-state index in [0.717, 1.165) is 19.0 Å². The Morgan fingerprint density at radius 3 is 2.57 bits per heavy atom. The second kappa shape index (κ2) is 9.47. The molecule has 1 aromatic heterocycles. The Morgan fingerprint density at radius 2 is 1.95 bits per heavy atom. The summed E-state index contributed by atoms with van der Waals surface area (Å²) >= 11 is 0. The lowest BCUT2D eigenvalue weighted by Crippen LogP contribution is -2.18. The monoisotopic (exact) mass is 313 g/mol. The number of aromatic nitrogens is 2. The first-order valence-corrected chi connectivity index (χ1v) is 8.51. The van der Waals surface area contributed by atoms with Gasteiger partial charge in [-0.1, -0.05) is 32.6 Å². The van der Waals surface area contributed by atoms with Gasteiger partial charge in [0.2, 0.25) is 0 Å². The maximum atomic E-state index is 4.79. The van der Waals surface area contributed by atoms with Gasteiger partial charge in [0.15, 0.2) is 0 Å². The minimum Gasteiger partial charge on any atom is -0.311 e. The summed E-state index contributed by atoms with van der Waals surface area (Å²) in [7, 11) is 0. The van der Waals surface area contributed by atoms with Gasteiger partial charge in [-0.25, -0.2) is 0 Å². The van der Waals surface area contributed by atoms with Crippen molar-refractivity contribution < 1.29 is 0 Å². The fourth-order valence-corrected chi connectivity index (χ4v) is 2.68. The smallest absolute Gasteiger partial charge is 0.0659 e. The van der Waals surface area contributed by atoms with E-state index in [0.29, 0.717) is 6.04 Å². The third kappa shape index (κ3) is 5.99. The van der Waals surface area contributed by atoms with E-state index in [1.807, 2.05) is 0 Å². The molecule has 3 nitrogen and oxygen atoms in total. The summed E-state index contributed by atoms with van der Waals surface area (Å²) < 4.78 is 2.21. The number of nitrogens with zero attached hydrogens (tertiary/aromatic N) is 2. The van der Waals surface area contributed by atoms with E-state index < -0.39 is 0 Å². The Hall–Kier alpha value is -0.540. The average molecular weight is 314 g/mol. The molecular formula is C17H32ClN3. The Labute approximate surface area is 136 Å². The van der Waals surface area contributed by atoms with E-state index in [4.69, 9.17) is 5.10 Å². The van der Waals surface area contributed by atoms with Gasteiger partial charge < -0.3 is 5.32 Å². The first-order chi connectivity index (χ1) is 9.72. The Morgan fingerprint density at radius 1 is 1.24 bits per heavy atom. The molecule has 0 aliphatic heterocycles. The van der Waals surface area contributed by atoms with Crippen LogP contribution in [0.4, 0.5) is 0 Å². The van der Waals surface area contributed by atoms with Gasteiger partial charge in [-0.05, 0) is 45.7 Å². The molecule has 0 bridgehead atoms. The topological polar surface area (TPSA) is 29.9 Å². The predicted molar refractivity (Wildman–Crippen MR) is 92.3 cm³/mol. The standard InChI is InChI=1S/C17H31N3.ClH/c1-4-5-6-7-8-11-18-13-16-12-17(15-9-10-15)19-20(16)14(2)3;/h12,14-15,18H,4-11,13H2,1-3H3;1H. The number of rotatable bonds is 10. The number of unbranched alkanes of at least 4 members (excludes halogenated alkanes) is 4. The van der Waals surface area contributed by atoms with Crippen LogP contribution in [0.2, 0.25) is 0 Å². The molecule has 2 rings (SSSR count). The molecule has 0 unspecified atom stereocenters. The highest BCUT2D eigenvalue weighted by Crippen LogP contribution is 2.39. The molecule has 1 aliphatic rings. The predicted octanol–water partition coefficient (Wildman–Crippen LogP) is 4.82. The van der Waals surface area contributed by atoms with Crippen LogP contribution in [-0.2, 0) is 6.54 Å². The van der Waals surface area contributed by atoms with Crippen molar-refractivity contribution in [2.24, 2.45) is 0 Å². The third-order valence-electron chi connectivity index (χ3n) is 4.08. The van der Waals surface area contributed by atoms with Crippen LogP contribution in [-0.4, -0.2) is 16.3 Å². The summed E-state index contributed by atoms with van der Waals surface area (Å²) in [6.07, 6.45) is 9.41. The number of hydrogen-bond donors (Lipinski definition) is 1. The highest BCUT2D eigenvalue weighted by atomic mass is 35.5. The fraction of sp³-hybridized carbons (Fsp3) is 0.824. The van der Waals surface area contributed by atoms with Crippen LogP contribution < -0.4 is 5.32 Å². The largest absolute Gasteiger partial charge is 0.311 e. The van der Waals surface area contributed by atoms with Crippen molar-refractivity contribution in [2.75, 3.05) is 6.54 Å². The molecule has 1 heterocycles. The van der Waals surface area contributed by atoms with Crippen molar-refractivity contribution in [2.45, 2.75) is 84.2 Å². The van der Waals surface area contributed by atoms with E-state index >= 15 is 0 Å². The summed E-state index contributed by atoms with van der Waals surface area (Å²) in [5.74, 6) is 0.753. The van der Waals surface area contributed by atoms with Gasteiger partial charge in [0.1, 0.15) is 0 Å². The molecule has 1 N–H and O–H groups in total. The normalized spacial score (nSPS) is 14.5. The molecule has 0 amide bonds. The number of hydrogen-bond acceptors (Lipinski definition) is 2. The molecular weight excluding hydrogens is 282 g/mol. The lowest BCUT2D eigenvalue weighted by molar-refractivity contribution is 0.487. The molecule has 1 saturated carbocycles. The summed E-state index contributed by atoms with van der Waals surface area (Å²) in [5, 5.41) is 8.37. The van der Waals surface area contributed by atoms with E-state index in [1.165, 1.54) is 56.3 Å². The molecule has 0 saturated heterocycles. The minimum absolute atomic E-state index is 0. The van der Waals surface area contributed by atoms with E-state index in [2.05, 4.69) is 36.8 Å². The maximum Gasteiger partial charge on any atom is 0.0659 e. The fourth-order valence-electron chi connectivity index (χ4n) is 2.68. The first kappa shape index (κ1) is 18.5. The Kier molecular flexibility index (Phi) is 8.35. The van der Waals surface area contributed by atoms with E-state index in [-0.39, 0.29) is 12.4 Å². The molecule has 0 spiro atoms. The number of halogens is 1. The molecule has 0 atom stereocenters. The van der Waals surface area contributed by atoms with E-state index in [9.17, 15) is 0 Å². The van der Waals surface area contributed by atoms with Crippen molar-refractivity contribution in [1.29, 1.82) is 0 Å². The minimum atomic E-state index is 0. The third-order valence-corrected chi connectivity index (χ3v) is 4.08. The van der Waals surface area contributed by atoms with Crippen molar-refractivity contribution in [3.63, 3.8) is 0 Å². The highest BCUT2D eigenvalue weighted by Gasteiger charge is 2.27. The van der Waals surface area contributed by atoms with Crippen LogP contribution in [0, 0.1) is 0 Å². The van der Waals surface area contributed by atoms with Crippen LogP contribution in [0.5, 0.6) is 0 Å². The lowest BCUT2D eigenvalue weighted by atomic mass is 10.1. The summed E-state index contributed by atoms with van der Waals surface area (Å²) in [4.78, 5) is 0. The molecule has 0 radical (unpaired) electrons. The lowest BCUT2D eigenvalue weighted by Gasteiger charge is -2.11. The van der Waals surface area contributed by atoms with Crippen LogP contribution in [0.15, 0.2) is 6.07 Å². The first-order valence-electron chi connectivity index (χ1n) is 8.51. The molecule has 4 heteroatoms. The summed E-state index contributed by atoms with van der Waals surface area (Å²) in [5.41, 5.74) is 2.67. The van der Waals surface area contributed by atoms with Crippen molar-refractivity contribution >= 4 is 12.4 Å². The van der Waals surface area contributed by atoms with Crippen LogP contribution in [0.3, 0.4) is 0 Å². The summed E-state index contributed by atoms with van der Waals surface area (Å²) in [6, 6.07) is 2.78. The molecule has 21 heavy (non-hydrogen) atoms. The van der Waals surface area contributed by atoms with Gasteiger partial charge in [-0.15, -0.1) is 12.4 Å². The van der Waals surface area contributed by atoms with Gasteiger partial charge in [0, 0.05) is 18.5 Å². The van der Waals surface area contributed by atoms with E-state index in [1.54, 1.807) is 0 Å². The SMILES string of the molecule is CCCCCCCNCc1cc(C2CC2)nn1C(C)C.Cl. The maximum absolute atomic E-state index is 4.79. The zero-order chi connectivity index (χ0) is 14.4. The van der Waals surface area contributed by atoms with Crippen molar-refractivity contribution in [3.8, 4) is 0 Å². The van der Waals surface area contributed by atoms with Gasteiger partial charge >= 0.3 is 0 Å². The van der Waals surface area contributed by atoms with Crippen molar-refractivity contribution in [3.05, 3.63) is 17.5 Å². The quantitative estimate of drug-likeness (QED) is 0.627. The van der Waals surface area contributed by atoms with Gasteiger partial charge in [0.25, 0.3) is 0 Å². The average Bonchev–Trinajstić information content (AvgIpc) is 3.18. The highest BCUT2D eigenvalue weighted by molar-refractivity contribution is 5.85. The number of nitrogens with one attached hydrogen (secondary N) is 1. The van der Waals surface area contributed by atoms with Gasteiger partial charge in [-0.3, -0.25) is 4.68 Å². The zero-order valence-electron chi connectivity index (χ0n) is 13.9. The second-order valence-corrected chi connectivity index (χ2v) is 6.46. The van der Waals surface area contributed by atoms with Gasteiger partial charge in [0.05, 0.1) is 11.4 Å². The van der Waals surface area contributed by atoms with Crippen LogP contribution in [0.25, 0.3) is 0 Å². The Balaban J connectivity index is 0.00000220. The zero-order valence-corrected chi connectivity index (χ0v) is 14.7. The Bertz CT molecular complexity index is 397. The van der Waals surface area contributed by atoms with Crippen LogP contribution >= 0.6 is 12.4 Å². The molecule has 1 aliphatic carbocycles. The molecule has 122 valence electrons. The van der Waals surface area contributed by atoms with Gasteiger partial charge in [-0.2, -0.15) is 5.10 Å².